The van der Waals surface area contributed by atoms with E-state index in [1.54, 1.807) is 12.1 Å². The number of allylic oxidation sites excluding steroid dienone is 2. The molecule has 0 bridgehead atoms. The molecule has 1 aliphatic rings. The summed E-state index contributed by atoms with van der Waals surface area (Å²) in [7, 11) is 0. The van der Waals surface area contributed by atoms with E-state index in [0.717, 1.165) is 44.1 Å². The van der Waals surface area contributed by atoms with Crippen LogP contribution in [0.3, 0.4) is 0 Å². The van der Waals surface area contributed by atoms with Crippen LogP contribution in [0.1, 0.15) is 54.8 Å². The summed E-state index contributed by atoms with van der Waals surface area (Å²) >= 11 is 0. The number of aryl methyl sites for hydroxylation is 1. The van der Waals surface area contributed by atoms with Gasteiger partial charge in [-0.05, 0) is 60.9 Å². The molecule has 0 aromatic heterocycles. The van der Waals surface area contributed by atoms with Gasteiger partial charge in [0.15, 0.2) is 0 Å². The normalized spacial score (nSPS) is 18.5. The Labute approximate surface area is 181 Å². The van der Waals surface area contributed by atoms with Gasteiger partial charge in [-0.1, -0.05) is 61.4 Å². The van der Waals surface area contributed by atoms with Crippen molar-refractivity contribution >= 4 is 0 Å². The molecular weight excluding hydrogens is 402 g/mol. The number of halogens is 4. The number of alkyl halides is 3. The Hall–Kier alpha value is -2.56. The lowest BCUT2D eigenvalue weighted by atomic mass is 9.87. The molecule has 3 rings (SSSR count). The first kappa shape index (κ1) is 23.1. The summed E-state index contributed by atoms with van der Waals surface area (Å²) < 4.78 is 53.5. The van der Waals surface area contributed by atoms with Crippen molar-refractivity contribution in [2.24, 2.45) is 5.92 Å². The largest absolute Gasteiger partial charge is 0.430 e. The van der Waals surface area contributed by atoms with Crippen molar-refractivity contribution in [2.45, 2.75) is 57.2 Å². The van der Waals surface area contributed by atoms with Crippen LogP contribution >= 0.6 is 0 Å². The molecular formula is C26H29F4N. The third kappa shape index (κ3) is 6.46. The van der Waals surface area contributed by atoms with Gasteiger partial charge in [-0.25, -0.2) is 4.39 Å². The lowest BCUT2D eigenvalue weighted by Gasteiger charge is -2.22. The summed E-state index contributed by atoms with van der Waals surface area (Å²) in [5.74, 6) is -0.767. The minimum absolute atomic E-state index is 0.365. The van der Waals surface area contributed by atoms with E-state index in [4.69, 9.17) is 0 Å². The van der Waals surface area contributed by atoms with Gasteiger partial charge in [0.05, 0.1) is 6.04 Å². The number of hydrogen-bond acceptors (Lipinski definition) is 1. The van der Waals surface area contributed by atoms with Crippen LogP contribution in [0.25, 0.3) is 0 Å². The molecule has 1 nitrogen and oxygen atoms in total. The molecule has 1 heterocycles. The summed E-state index contributed by atoms with van der Waals surface area (Å²) in [6, 6.07) is 13.2. The van der Waals surface area contributed by atoms with Crippen LogP contribution in [-0.2, 0) is 12.8 Å². The minimum atomic E-state index is -4.43. The maximum absolute atomic E-state index is 13.4. The van der Waals surface area contributed by atoms with Crippen molar-refractivity contribution in [1.29, 1.82) is 0 Å². The maximum Gasteiger partial charge on any atom is 0.430 e. The van der Waals surface area contributed by atoms with E-state index in [2.05, 4.69) is 18.0 Å². The van der Waals surface area contributed by atoms with E-state index in [1.165, 1.54) is 23.8 Å². The molecule has 2 aromatic rings. The number of rotatable bonds is 10. The van der Waals surface area contributed by atoms with Gasteiger partial charge in [-0.15, -0.1) is 6.58 Å². The highest BCUT2D eigenvalue weighted by Crippen LogP contribution is 2.39. The lowest BCUT2D eigenvalue weighted by Crippen LogP contribution is -2.27. The fraction of sp³-hybridized carbons (Fsp3) is 0.385. The highest BCUT2D eigenvalue weighted by molar-refractivity contribution is 5.33. The monoisotopic (exact) mass is 431 g/mol. The quantitative estimate of drug-likeness (QED) is 0.234. The predicted molar refractivity (Wildman–Crippen MR) is 117 cm³/mol. The molecule has 1 aliphatic heterocycles. The minimum Gasteiger partial charge on any atom is -0.374 e. The Bertz CT molecular complexity index is 883. The topological polar surface area (TPSA) is 12.0 Å². The molecule has 2 atom stereocenters. The fourth-order valence-electron chi connectivity index (χ4n) is 4.20. The van der Waals surface area contributed by atoms with Crippen molar-refractivity contribution in [2.75, 3.05) is 0 Å². The Morgan fingerprint density at radius 2 is 1.58 bits per heavy atom. The molecule has 1 N–H and O–H groups in total. The van der Waals surface area contributed by atoms with Crippen LogP contribution < -0.4 is 5.32 Å². The zero-order chi connectivity index (χ0) is 22.3. The molecule has 2 unspecified atom stereocenters. The molecule has 0 fully saturated rings. The summed E-state index contributed by atoms with van der Waals surface area (Å²) in [4.78, 5) is 0. The Kier molecular flexibility index (Phi) is 7.94. The van der Waals surface area contributed by atoms with Crippen LogP contribution in [0.15, 0.2) is 73.0 Å². The third-order valence-electron chi connectivity index (χ3n) is 5.83. The van der Waals surface area contributed by atoms with E-state index >= 15 is 0 Å². The maximum atomic E-state index is 13.4. The molecule has 0 saturated carbocycles. The van der Waals surface area contributed by atoms with Gasteiger partial charge in [0, 0.05) is 5.92 Å². The lowest BCUT2D eigenvalue weighted by molar-refractivity contribution is -0.0963. The fourth-order valence-corrected chi connectivity index (χ4v) is 4.20. The molecule has 0 radical (unpaired) electrons. The van der Waals surface area contributed by atoms with Crippen molar-refractivity contribution in [3.05, 3.63) is 95.5 Å². The van der Waals surface area contributed by atoms with Gasteiger partial charge in [0.2, 0.25) is 0 Å². The van der Waals surface area contributed by atoms with Gasteiger partial charge in [-0.2, -0.15) is 13.2 Å². The van der Waals surface area contributed by atoms with E-state index < -0.39 is 23.7 Å². The number of unbranched alkanes of at least 4 members (excludes halogenated alkanes) is 4. The number of hydrogen-bond donors (Lipinski definition) is 1. The molecule has 0 saturated heterocycles. The van der Waals surface area contributed by atoms with Gasteiger partial charge < -0.3 is 5.32 Å². The van der Waals surface area contributed by atoms with Crippen molar-refractivity contribution < 1.29 is 17.6 Å². The van der Waals surface area contributed by atoms with E-state index in [0.29, 0.717) is 12.0 Å². The van der Waals surface area contributed by atoms with Crippen molar-refractivity contribution in [3.63, 3.8) is 0 Å². The predicted octanol–water partition coefficient (Wildman–Crippen LogP) is 7.45. The van der Waals surface area contributed by atoms with Gasteiger partial charge >= 0.3 is 6.18 Å². The number of benzene rings is 2. The summed E-state index contributed by atoms with van der Waals surface area (Å²) in [6.07, 6.45) is 5.73. The summed E-state index contributed by atoms with van der Waals surface area (Å²) in [5.41, 5.74) is 2.21. The van der Waals surface area contributed by atoms with Crippen molar-refractivity contribution in [3.8, 4) is 0 Å². The average Bonchev–Trinajstić information content (AvgIpc) is 3.16. The van der Waals surface area contributed by atoms with Crippen LogP contribution in [-0.4, -0.2) is 6.18 Å². The van der Waals surface area contributed by atoms with Crippen LogP contribution in [0, 0.1) is 11.7 Å². The SMILES string of the molecule is C=CCCCCCCc1ccccc1CC1C=C(C(F)(F)F)NC1c1ccc(F)cc1. The Balaban J connectivity index is 1.74. The van der Waals surface area contributed by atoms with E-state index in [9.17, 15) is 17.6 Å². The second-order valence-electron chi connectivity index (χ2n) is 8.13. The second-order valence-corrected chi connectivity index (χ2v) is 8.13. The molecule has 166 valence electrons. The van der Waals surface area contributed by atoms with Crippen LogP contribution in [0.4, 0.5) is 17.6 Å². The summed E-state index contributed by atoms with van der Waals surface area (Å²) in [5, 5.41) is 2.63. The first-order chi connectivity index (χ1) is 14.9. The molecule has 0 amide bonds. The molecule has 5 heteroatoms. The van der Waals surface area contributed by atoms with E-state index in [1.807, 2.05) is 24.3 Å². The Morgan fingerprint density at radius 1 is 0.903 bits per heavy atom. The van der Waals surface area contributed by atoms with Crippen molar-refractivity contribution in [1.82, 2.24) is 5.32 Å². The third-order valence-corrected chi connectivity index (χ3v) is 5.83. The number of nitrogens with one attached hydrogen (secondary N) is 1. The first-order valence-electron chi connectivity index (χ1n) is 10.9. The van der Waals surface area contributed by atoms with E-state index in [-0.39, 0.29) is 5.92 Å². The standard InChI is InChI=1S/C26H29F4N/c1-2-3-4-5-6-7-10-19-11-8-9-12-21(19)17-22-18-24(26(28,29)30)31-25(22)20-13-15-23(27)16-14-20/h2,8-9,11-16,18,22,25,31H,1,3-7,10,17H2. The van der Waals surface area contributed by atoms with Gasteiger partial charge in [0.25, 0.3) is 0 Å². The second kappa shape index (κ2) is 10.7. The average molecular weight is 432 g/mol. The zero-order valence-corrected chi connectivity index (χ0v) is 17.6. The van der Waals surface area contributed by atoms with Crippen LogP contribution in [0.2, 0.25) is 0 Å². The molecule has 0 aliphatic carbocycles. The molecule has 2 aromatic carbocycles. The zero-order valence-electron chi connectivity index (χ0n) is 17.6. The molecule has 31 heavy (non-hydrogen) atoms. The summed E-state index contributed by atoms with van der Waals surface area (Å²) in [6.45, 7) is 3.74. The smallest absolute Gasteiger partial charge is 0.374 e. The highest BCUT2D eigenvalue weighted by Gasteiger charge is 2.41. The van der Waals surface area contributed by atoms with Gasteiger partial charge in [-0.3, -0.25) is 0 Å². The van der Waals surface area contributed by atoms with Crippen LogP contribution in [0.5, 0.6) is 0 Å². The highest BCUT2D eigenvalue weighted by atomic mass is 19.4. The first-order valence-corrected chi connectivity index (χ1v) is 10.9. The molecule has 0 spiro atoms. The Morgan fingerprint density at radius 3 is 2.26 bits per heavy atom. The van der Waals surface area contributed by atoms with Gasteiger partial charge in [0.1, 0.15) is 11.5 Å².